The van der Waals surface area contributed by atoms with Gasteiger partial charge in [-0.1, -0.05) is 23.2 Å². The van der Waals surface area contributed by atoms with Crippen molar-refractivity contribution in [3.05, 3.63) is 56.2 Å². The summed E-state index contributed by atoms with van der Waals surface area (Å²) in [5, 5.41) is 0.990. The molecule has 0 atom stereocenters. The number of benzene rings is 1. The first-order valence-electron chi connectivity index (χ1n) is 5.51. The minimum absolute atomic E-state index is 0.309. The Hall–Kier alpha value is -0.810. The molecule has 19 heavy (non-hydrogen) atoms. The number of ether oxygens (including phenoxy) is 1. The number of hydrogen-bond acceptors (Lipinski definition) is 3. The van der Waals surface area contributed by atoms with Gasteiger partial charge in [-0.25, -0.2) is 0 Å². The average molecular weight is 362 g/mol. The number of pyridine rings is 1. The molecule has 1 aromatic carbocycles. The zero-order valence-corrected chi connectivity index (χ0v) is 13.0. The molecule has 100 valence electrons. The van der Waals surface area contributed by atoms with E-state index >= 15 is 0 Å². The summed E-state index contributed by atoms with van der Waals surface area (Å²) in [6.07, 6.45) is 1.71. The van der Waals surface area contributed by atoms with Crippen LogP contribution < -0.4 is 10.5 Å². The number of nitrogens with zero attached hydrogens (tertiary/aromatic N) is 1. The first-order valence-corrected chi connectivity index (χ1v) is 7.06. The van der Waals surface area contributed by atoms with Gasteiger partial charge < -0.3 is 10.5 Å². The van der Waals surface area contributed by atoms with Gasteiger partial charge in [-0.05, 0) is 40.2 Å². The van der Waals surface area contributed by atoms with Gasteiger partial charge in [0.05, 0.1) is 10.7 Å². The van der Waals surface area contributed by atoms with Gasteiger partial charge in [0.15, 0.2) is 0 Å². The molecule has 0 amide bonds. The van der Waals surface area contributed by atoms with Crippen molar-refractivity contribution in [1.82, 2.24) is 4.98 Å². The van der Waals surface area contributed by atoms with Crippen LogP contribution in [-0.2, 0) is 13.2 Å². The van der Waals surface area contributed by atoms with Crippen LogP contribution in [0.15, 0.2) is 34.9 Å². The van der Waals surface area contributed by atoms with Crippen LogP contribution in [0.1, 0.15) is 11.3 Å². The molecule has 0 fully saturated rings. The van der Waals surface area contributed by atoms with Gasteiger partial charge in [-0.15, -0.1) is 0 Å². The van der Waals surface area contributed by atoms with Crippen LogP contribution in [0.3, 0.4) is 0 Å². The second-order valence-corrected chi connectivity index (χ2v) is 5.60. The van der Waals surface area contributed by atoms with E-state index in [0.29, 0.717) is 28.9 Å². The van der Waals surface area contributed by atoms with E-state index in [1.165, 1.54) is 0 Å². The van der Waals surface area contributed by atoms with E-state index in [-0.39, 0.29) is 0 Å². The standard InChI is InChI=1S/C13H11BrCl2N2O/c14-9-1-2-11(18-6-9)7-19-13-8(5-17)3-10(15)4-12(13)16/h1-4,6H,5,7,17H2. The van der Waals surface area contributed by atoms with Crippen LogP contribution in [0.2, 0.25) is 10.0 Å². The van der Waals surface area contributed by atoms with Crippen molar-refractivity contribution in [2.24, 2.45) is 5.73 Å². The Morgan fingerprint density at radius 3 is 2.68 bits per heavy atom. The Balaban J connectivity index is 2.17. The van der Waals surface area contributed by atoms with Gasteiger partial charge in [0.2, 0.25) is 0 Å². The molecule has 0 aliphatic heterocycles. The SMILES string of the molecule is NCc1cc(Cl)cc(Cl)c1OCc1ccc(Br)cn1. The molecule has 0 unspecified atom stereocenters. The Kier molecular flexibility index (Phi) is 5.05. The maximum atomic E-state index is 6.11. The molecule has 6 heteroatoms. The normalized spacial score (nSPS) is 10.5. The Morgan fingerprint density at radius 1 is 1.26 bits per heavy atom. The Morgan fingerprint density at radius 2 is 2.05 bits per heavy atom. The second-order valence-electron chi connectivity index (χ2n) is 3.84. The summed E-state index contributed by atoms with van der Waals surface area (Å²) in [4.78, 5) is 4.22. The summed E-state index contributed by atoms with van der Waals surface area (Å²) >= 11 is 15.4. The summed E-state index contributed by atoms with van der Waals surface area (Å²) in [5.41, 5.74) is 7.23. The number of hydrogen-bond donors (Lipinski definition) is 1. The minimum Gasteiger partial charge on any atom is -0.485 e. The number of nitrogens with two attached hydrogens (primary N) is 1. The quantitative estimate of drug-likeness (QED) is 0.888. The minimum atomic E-state index is 0.309. The second kappa shape index (κ2) is 6.57. The molecule has 0 aliphatic rings. The third-order valence-corrected chi connectivity index (χ3v) is 3.43. The lowest BCUT2D eigenvalue weighted by molar-refractivity contribution is 0.298. The van der Waals surface area contributed by atoms with Gasteiger partial charge in [-0.2, -0.15) is 0 Å². The molecule has 0 radical (unpaired) electrons. The highest BCUT2D eigenvalue weighted by atomic mass is 79.9. The number of halogens is 3. The van der Waals surface area contributed by atoms with E-state index in [9.17, 15) is 0 Å². The van der Waals surface area contributed by atoms with Crippen LogP contribution in [0, 0.1) is 0 Å². The predicted octanol–water partition coefficient (Wildman–Crippen LogP) is 4.19. The molecule has 3 nitrogen and oxygen atoms in total. The predicted molar refractivity (Wildman–Crippen MR) is 80.6 cm³/mol. The van der Waals surface area contributed by atoms with Crippen molar-refractivity contribution in [3.8, 4) is 5.75 Å². The highest BCUT2D eigenvalue weighted by Crippen LogP contribution is 2.32. The summed E-state index contributed by atoms with van der Waals surface area (Å²) in [6, 6.07) is 7.15. The molecular weight excluding hydrogens is 351 g/mol. The van der Waals surface area contributed by atoms with Gasteiger partial charge in [0.1, 0.15) is 12.4 Å². The third kappa shape index (κ3) is 3.83. The van der Waals surface area contributed by atoms with Crippen molar-refractivity contribution < 1.29 is 4.74 Å². The lowest BCUT2D eigenvalue weighted by Crippen LogP contribution is -2.04. The van der Waals surface area contributed by atoms with E-state index in [4.69, 9.17) is 33.7 Å². The first kappa shape index (κ1) is 14.6. The maximum Gasteiger partial charge on any atom is 0.143 e. The monoisotopic (exact) mass is 360 g/mol. The Bertz CT molecular complexity index is 576. The molecule has 2 N–H and O–H groups in total. The molecule has 0 bridgehead atoms. The number of aromatic nitrogens is 1. The fraction of sp³-hybridized carbons (Fsp3) is 0.154. The van der Waals surface area contributed by atoms with Crippen molar-refractivity contribution in [1.29, 1.82) is 0 Å². The fourth-order valence-corrected chi connectivity index (χ4v) is 2.39. The summed E-state index contributed by atoms with van der Waals surface area (Å²) in [6.45, 7) is 0.630. The molecular formula is C13H11BrCl2N2O. The lowest BCUT2D eigenvalue weighted by Gasteiger charge is -2.12. The van der Waals surface area contributed by atoms with E-state index in [2.05, 4.69) is 20.9 Å². The molecule has 0 saturated heterocycles. The first-order chi connectivity index (χ1) is 9.10. The van der Waals surface area contributed by atoms with Gasteiger partial charge in [0.25, 0.3) is 0 Å². The van der Waals surface area contributed by atoms with E-state index in [1.54, 1.807) is 18.3 Å². The average Bonchev–Trinajstić information content (AvgIpc) is 2.39. The molecule has 1 heterocycles. The van der Waals surface area contributed by atoms with Crippen LogP contribution in [0.25, 0.3) is 0 Å². The van der Waals surface area contributed by atoms with Gasteiger partial charge in [0, 0.05) is 27.8 Å². The lowest BCUT2D eigenvalue weighted by atomic mass is 10.2. The summed E-state index contributed by atoms with van der Waals surface area (Å²) in [5.74, 6) is 0.554. The topological polar surface area (TPSA) is 48.1 Å². The van der Waals surface area contributed by atoms with E-state index < -0.39 is 0 Å². The van der Waals surface area contributed by atoms with Crippen LogP contribution in [0.5, 0.6) is 5.75 Å². The molecule has 1 aromatic heterocycles. The van der Waals surface area contributed by atoms with Crippen molar-refractivity contribution >= 4 is 39.1 Å². The third-order valence-electron chi connectivity index (χ3n) is 2.46. The van der Waals surface area contributed by atoms with Crippen LogP contribution >= 0.6 is 39.1 Å². The summed E-state index contributed by atoms with van der Waals surface area (Å²) in [7, 11) is 0. The van der Waals surface area contributed by atoms with Crippen LogP contribution in [-0.4, -0.2) is 4.98 Å². The number of rotatable bonds is 4. The molecule has 0 spiro atoms. The molecule has 0 saturated carbocycles. The van der Waals surface area contributed by atoms with Crippen molar-refractivity contribution in [3.63, 3.8) is 0 Å². The zero-order valence-electron chi connectivity index (χ0n) is 9.87. The van der Waals surface area contributed by atoms with Gasteiger partial charge in [-0.3, -0.25) is 4.98 Å². The maximum absolute atomic E-state index is 6.11. The molecule has 2 rings (SSSR count). The summed E-state index contributed by atoms with van der Waals surface area (Å²) < 4.78 is 6.61. The molecule has 2 aromatic rings. The highest BCUT2D eigenvalue weighted by Gasteiger charge is 2.10. The highest BCUT2D eigenvalue weighted by molar-refractivity contribution is 9.10. The van der Waals surface area contributed by atoms with Crippen molar-refractivity contribution in [2.45, 2.75) is 13.2 Å². The fourth-order valence-electron chi connectivity index (χ4n) is 1.56. The van der Waals surface area contributed by atoms with Crippen LogP contribution in [0.4, 0.5) is 0 Å². The van der Waals surface area contributed by atoms with Gasteiger partial charge >= 0.3 is 0 Å². The van der Waals surface area contributed by atoms with E-state index in [0.717, 1.165) is 15.7 Å². The van der Waals surface area contributed by atoms with E-state index in [1.807, 2.05) is 12.1 Å². The molecule has 0 aliphatic carbocycles. The Labute approximate surface area is 129 Å². The smallest absolute Gasteiger partial charge is 0.143 e. The largest absolute Gasteiger partial charge is 0.485 e. The zero-order chi connectivity index (χ0) is 13.8. The van der Waals surface area contributed by atoms with Crippen molar-refractivity contribution in [2.75, 3.05) is 0 Å².